The zero-order chi connectivity index (χ0) is 20.3. The van der Waals surface area contributed by atoms with Crippen LogP contribution in [0.1, 0.15) is 30.9 Å². The van der Waals surface area contributed by atoms with E-state index in [9.17, 15) is 14.0 Å². The van der Waals surface area contributed by atoms with Gasteiger partial charge in [-0.25, -0.2) is 14.2 Å². The molecule has 1 aliphatic heterocycles. The molecule has 0 aliphatic carbocycles. The van der Waals surface area contributed by atoms with Crippen molar-refractivity contribution in [3.63, 3.8) is 0 Å². The Morgan fingerprint density at radius 2 is 1.96 bits per heavy atom. The third-order valence-electron chi connectivity index (χ3n) is 3.69. The molecule has 0 fully saturated rings. The second-order valence-corrected chi connectivity index (χ2v) is 7.59. The highest BCUT2D eigenvalue weighted by atomic mass is 79.9. The van der Waals surface area contributed by atoms with E-state index >= 15 is 0 Å². The maximum atomic E-state index is 13.4. The zero-order valence-corrected chi connectivity index (χ0v) is 17.8. The Kier molecular flexibility index (Phi) is 6.41. The highest BCUT2D eigenvalue weighted by Crippen LogP contribution is 2.36. The van der Waals surface area contributed by atoms with Crippen molar-refractivity contribution in [3.8, 4) is 5.75 Å². The molecule has 0 atom stereocenters. The highest BCUT2D eigenvalue weighted by Gasteiger charge is 2.24. The van der Waals surface area contributed by atoms with Crippen LogP contribution in [-0.4, -0.2) is 17.8 Å². The van der Waals surface area contributed by atoms with Gasteiger partial charge in [0.1, 0.15) is 5.82 Å². The van der Waals surface area contributed by atoms with Gasteiger partial charge in [-0.05, 0) is 80.3 Å². The monoisotopic (exact) mass is 509 g/mol. The molecule has 0 spiro atoms. The summed E-state index contributed by atoms with van der Waals surface area (Å²) in [5.74, 6) is -1.02. The third-order valence-corrected chi connectivity index (χ3v) is 4.86. The van der Waals surface area contributed by atoms with Gasteiger partial charge in [-0.1, -0.05) is 13.0 Å². The summed E-state index contributed by atoms with van der Waals surface area (Å²) in [6.07, 6.45) is 2.53. The molecule has 1 heterocycles. The Hall–Kier alpha value is -2.32. The SMILES string of the molecule is CCCC(=O)Oc1c(Br)cc(/C=C2\N=C(c3cccc(F)c3)OC2=O)cc1Br. The van der Waals surface area contributed by atoms with Crippen molar-refractivity contribution < 1.29 is 23.5 Å². The van der Waals surface area contributed by atoms with Gasteiger partial charge in [-0.15, -0.1) is 0 Å². The van der Waals surface area contributed by atoms with Gasteiger partial charge in [0.15, 0.2) is 11.4 Å². The van der Waals surface area contributed by atoms with Crippen molar-refractivity contribution in [3.05, 3.63) is 68.0 Å². The number of aliphatic imine (C=N–C) groups is 1. The van der Waals surface area contributed by atoms with Crippen LogP contribution in [0.25, 0.3) is 6.08 Å². The van der Waals surface area contributed by atoms with E-state index in [-0.39, 0.29) is 17.6 Å². The summed E-state index contributed by atoms with van der Waals surface area (Å²) in [6.45, 7) is 1.89. The number of halogens is 3. The number of nitrogens with zero attached hydrogens (tertiary/aromatic N) is 1. The Morgan fingerprint density at radius 1 is 1.25 bits per heavy atom. The Labute approximate surface area is 177 Å². The standard InChI is InChI=1S/C20H14Br2FNO4/c1-2-4-17(25)27-18-14(21)7-11(8-15(18)22)9-16-20(26)28-19(24-16)12-5-3-6-13(23)10-12/h3,5-10H,2,4H2,1H3/b16-9-. The highest BCUT2D eigenvalue weighted by molar-refractivity contribution is 9.11. The number of cyclic esters (lactones) is 1. The minimum absolute atomic E-state index is 0.0407. The van der Waals surface area contributed by atoms with Crippen LogP contribution in [-0.2, 0) is 14.3 Å². The van der Waals surface area contributed by atoms with Gasteiger partial charge in [-0.2, -0.15) is 0 Å². The first kappa shape index (κ1) is 20.4. The van der Waals surface area contributed by atoms with Crippen LogP contribution in [0.2, 0.25) is 0 Å². The van der Waals surface area contributed by atoms with Crippen molar-refractivity contribution in [1.82, 2.24) is 0 Å². The van der Waals surface area contributed by atoms with Crippen LogP contribution in [0.15, 0.2) is 56.0 Å². The van der Waals surface area contributed by atoms with E-state index in [2.05, 4.69) is 36.9 Å². The van der Waals surface area contributed by atoms with E-state index in [1.54, 1.807) is 18.2 Å². The van der Waals surface area contributed by atoms with Crippen molar-refractivity contribution in [2.45, 2.75) is 19.8 Å². The van der Waals surface area contributed by atoms with E-state index in [1.807, 2.05) is 6.92 Å². The molecule has 3 rings (SSSR count). The summed E-state index contributed by atoms with van der Waals surface area (Å²) in [4.78, 5) is 28.0. The molecule has 0 unspecified atom stereocenters. The normalized spacial score (nSPS) is 14.8. The first-order valence-electron chi connectivity index (χ1n) is 8.35. The predicted molar refractivity (Wildman–Crippen MR) is 109 cm³/mol. The van der Waals surface area contributed by atoms with Gasteiger partial charge < -0.3 is 9.47 Å². The topological polar surface area (TPSA) is 65.0 Å². The molecule has 0 saturated heterocycles. The summed E-state index contributed by atoms with van der Waals surface area (Å²) in [7, 11) is 0. The molecule has 5 nitrogen and oxygen atoms in total. The maximum absolute atomic E-state index is 13.4. The van der Waals surface area contributed by atoms with Crippen molar-refractivity contribution in [2.75, 3.05) is 0 Å². The molecule has 28 heavy (non-hydrogen) atoms. The molecule has 0 amide bonds. The fraction of sp³-hybridized carbons (Fsp3) is 0.150. The lowest BCUT2D eigenvalue weighted by molar-refractivity contribution is -0.134. The van der Waals surface area contributed by atoms with E-state index in [0.717, 1.165) is 0 Å². The third kappa shape index (κ3) is 4.74. The van der Waals surface area contributed by atoms with Crippen LogP contribution in [0.4, 0.5) is 4.39 Å². The molecule has 144 valence electrons. The quantitative estimate of drug-likeness (QED) is 0.307. The molecule has 0 N–H and O–H groups in total. The molecule has 2 aromatic rings. The molecule has 1 aliphatic rings. The van der Waals surface area contributed by atoms with Crippen molar-refractivity contribution >= 4 is 55.8 Å². The fourth-order valence-corrected chi connectivity index (χ4v) is 3.83. The molecule has 8 heteroatoms. The van der Waals surface area contributed by atoms with Crippen molar-refractivity contribution in [1.29, 1.82) is 0 Å². The summed E-state index contributed by atoms with van der Waals surface area (Å²) in [5, 5.41) is 0. The first-order chi connectivity index (χ1) is 13.4. The van der Waals surface area contributed by atoms with E-state index < -0.39 is 11.8 Å². The van der Waals surface area contributed by atoms with Gasteiger partial charge in [0, 0.05) is 12.0 Å². The van der Waals surface area contributed by atoms with Crippen LogP contribution in [0.3, 0.4) is 0 Å². The lowest BCUT2D eigenvalue weighted by atomic mass is 10.2. The molecule has 0 aromatic heterocycles. The van der Waals surface area contributed by atoms with E-state index in [1.165, 1.54) is 24.3 Å². The van der Waals surface area contributed by atoms with Crippen LogP contribution in [0.5, 0.6) is 5.75 Å². The molecule has 0 bridgehead atoms. The fourth-order valence-electron chi connectivity index (χ4n) is 2.44. The van der Waals surface area contributed by atoms with Crippen LogP contribution >= 0.6 is 31.9 Å². The largest absolute Gasteiger partial charge is 0.424 e. The van der Waals surface area contributed by atoms with Gasteiger partial charge in [-0.3, -0.25) is 4.79 Å². The minimum Gasteiger partial charge on any atom is -0.424 e. The molecular weight excluding hydrogens is 497 g/mol. The molecule has 0 saturated carbocycles. The number of hydrogen-bond acceptors (Lipinski definition) is 5. The van der Waals surface area contributed by atoms with E-state index in [4.69, 9.17) is 9.47 Å². The second kappa shape index (κ2) is 8.79. The summed E-state index contributed by atoms with van der Waals surface area (Å²) < 4.78 is 24.9. The average molecular weight is 511 g/mol. The number of esters is 2. The smallest absolute Gasteiger partial charge is 0.363 e. The molecule has 2 aromatic carbocycles. The van der Waals surface area contributed by atoms with Gasteiger partial charge in [0.25, 0.3) is 0 Å². The molecular formula is C20H14Br2FNO4. The summed E-state index contributed by atoms with van der Waals surface area (Å²) >= 11 is 6.74. The van der Waals surface area contributed by atoms with Gasteiger partial charge in [0.2, 0.25) is 5.90 Å². The Balaban J connectivity index is 1.88. The summed E-state index contributed by atoms with van der Waals surface area (Å²) in [6, 6.07) is 9.02. The van der Waals surface area contributed by atoms with E-state index in [0.29, 0.717) is 38.7 Å². The number of rotatable bonds is 5. The number of carbonyl (C=O) groups is 2. The Bertz CT molecular complexity index is 994. The first-order valence-corrected chi connectivity index (χ1v) is 9.94. The number of ether oxygens (including phenoxy) is 2. The van der Waals surface area contributed by atoms with Gasteiger partial charge in [0.05, 0.1) is 8.95 Å². The number of benzene rings is 2. The average Bonchev–Trinajstić information content (AvgIpc) is 2.99. The Morgan fingerprint density at radius 3 is 2.61 bits per heavy atom. The minimum atomic E-state index is -0.634. The van der Waals surface area contributed by atoms with Crippen LogP contribution < -0.4 is 4.74 Å². The predicted octanol–water partition coefficient (Wildman–Crippen LogP) is 5.40. The lowest BCUT2D eigenvalue weighted by Crippen LogP contribution is -2.08. The van der Waals surface area contributed by atoms with Crippen LogP contribution in [0, 0.1) is 5.82 Å². The maximum Gasteiger partial charge on any atom is 0.363 e. The van der Waals surface area contributed by atoms with Crippen molar-refractivity contribution in [2.24, 2.45) is 4.99 Å². The molecule has 0 radical (unpaired) electrons. The van der Waals surface area contributed by atoms with Gasteiger partial charge >= 0.3 is 11.9 Å². The lowest BCUT2D eigenvalue weighted by Gasteiger charge is -2.09. The number of carbonyl (C=O) groups excluding carboxylic acids is 2. The second-order valence-electron chi connectivity index (χ2n) is 5.88. The number of hydrogen-bond donors (Lipinski definition) is 0. The zero-order valence-electron chi connectivity index (χ0n) is 14.7. The summed E-state index contributed by atoms with van der Waals surface area (Å²) in [5.41, 5.74) is 1.08.